The van der Waals surface area contributed by atoms with Gasteiger partial charge < -0.3 is 25.8 Å². The minimum atomic E-state index is 0. The number of fused-ring (bicyclic) bond motifs is 1. The second-order valence-corrected chi connectivity index (χ2v) is 6.62. The second kappa shape index (κ2) is 10.9. The van der Waals surface area contributed by atoms with E-state index in [9.17, 15) is 9.90 Å². The van der Waals surface area contributed by atoms with Gasteiger partial charge in [-0.25, -0.2) is 4.99 Å². The van der Waals surface area contributed by atoms with E-state index in [0.29, 0.717) is 31.2 Å². The number of carbonyl (C=O) groups excluding carboxylic acids is 1. The molecule has 1 atom stereocenters. The summed E-state index contributed by atoms with van der Waals surface area (Å²) in [7, 11) is 1.52. The number of nitrogens with one attached hydrogen (secondary N) is 3. The van der Waals surface area contributed by atoms with E-state index in [1.165, 1.54) is 7.11 Å². The zero-order valence-electron chi connectivity index (χ0n) is 16.6. The topological polar surface area (TPSA) is 95.0 Å². The molecule has 0 saturated carbocycles. The molecular weight excluding hydrogens is 483 g/mol. The minimum absolute atomic E-state index is 0. The number of methoxy groups -OCH3 is 1. The predicted octanol–water partition coefficient (Wildman–Crippen LogP) is 3.20. The van der Waals surface area contributed by atoms with Gasteiger partial charge in [0, 0.05) is 31.1 Å². The van der Waals surface area contributed by atoms with Gasteiger partial charge in [-0.1, -0.05) is 24.3 Å². The van der Waals surface area contributed by atoms with Gasteiger partial charge in [-0.15, -0.1) is 24.0 Å². The van der Waals surface area contributed by atoms with E-state index in [0.717, 1.165) is 23.4 Å². The van der Waals surface area contributed by atoms with Crippen molar-refractivity contribution in [3.63, 3.8) is 0 Å². The molecule has 1 aliphatic rings. The van der Waals surface area contributed by atoms with Crippen LogP contribution in [0.2, 0.25) is 0 Å². The Labute approximate surface area is 188 Å². The van der Waals surface area contributed by atoms with E-state index in [2.05, 4.69) is 20.9 Å². The van der Waals surface area contributed by atoms with Crippen molar-refractivity contribution < 1.29 is 14.6 Å². The number of carbonyl (C=O) groups is 1. The first-order chi connectivity index (χ1) is 13.6. The molecule has 1 unspecified atom stereocenters. The number of benzene rings is 2. The number of rotatable bonds is 6. The Hall–Kier alpha value is -2.49. The molecule has 4 N–H and O–H groups in total. The number of ether oxygens (including phenoxy) is 1. The summed E-state index contributed by atoms with van der Waals surface area (Å²) in [5.41, 5.74) is 2.88. The first-order valence-electron chi connectivity index (χ1n) is 9.37. The summed E-state index contributed by atoms with van der Waals surface area (Å²) in [6, 6.07) is 13.1. The Morgan fingerprint density at radius 2 is 2.07 bits per heavy atom. The molecule has 0 aliphatic carbocycles. The molecule has 1 aliphatic heterocycles. The molecule has 2 aromatic rings. The van der Waals surface area contributed by atoms with Gasteiger partial charge in [-0.05, 0) is 36.2 Å². The van der Waals surface area contributed by atoms with Crippen molar-refractivity contribution in [3.8, 4) is 11.5 Å². The average Bonchev–Trinajstić information content (AvgIpc) is 2.69. The molecule has 3 rings (SSSR count). The van der Waals surface area contributed by atoms with Gasteiger partial charge in [0.05, 0.1) is 13.7 Å². The van der Waals surface area contributed by atoms with Crippen LogP contribution < -0.4 is 20.7 Å². The van der Waals surface area contributed by atoms with Crippen molar-refractivity contribution in [2.45, 2.75) is 25.8 Å². The molecular formula is C21H27IN4O3. The van der Waals surface area contributed by atoms with Gasteiger partial charge in [0.2, 0.25) is 5.91 Å². The van der Waals surface area contributed by atoms with Crippen molar-refractivity contribution in [1.29, 1.82) is 0 Å². The smallest absolute Gasteiger partial charge is 0.225 e. The van der Waals surface area contributed by atoms with Crippen LogP contribution in [-0.2, 0) is 11.3 Å². The van der Waals surface area contributed by atoms with Gasteiger partial charge >= 0.3 is 0 Å². The normalized spacial score (nSPS) is 15.6. The Balaban J connectivity index is 0.00000300. The van der Waals surface area contributed by atoms with Crippen molar-refractivity contribution in [3.05, 3.63) is 53.6 Å². The van der Waals surface area contributed by atoms with E-state index in [-0.39, 0.29) is 41.6 Å². The molecule has 0 saturated heterocycles. The lowest BCUT2D eigenvalue weighted by Gasteiger charge is -2.26. The van der Waals surface area contributed by atoms with Crippen LogP contribution >= 0.6 is 24.0 Å². The summed E-state index contributed by atoms with van der Waals surface area (Å²) in [6.45, 7) is 3.74. The van der Waals surface area contributed by atoms with Crippen molar-refractivity contribution in [1.82, 2.24) is 10.6 Å². The third kappa shape index (κ3) is 5.99. The monoisotopic (exact) mass is 510 g/mol. The molecule has 0 aromatic heterocycles. The van der Waals surface area contributed by atoms with Gasteiger partial charge in [0.1, 0.15) is 0 Å². The SMILES string of the molecule is CCNC(=NCc1ccc(OC)c(O)c1)NCC1CC(=O)Nc2ccccc21.I. The van der Waals surface area contributed by atoms with Crippen LogP contribution in [0.1, 0.15) is 30.4 Å². The van der Waals surface area contributed by atoms with Crippen LogP contribution in [0.4, 0.5) is 5.69 Å². The van der Waals surface area contributed by atoms with Crippen molar-refractivity contribution >= 4 is 41.5 Å². The third-order valence-corrected chi connectivity index (χ3v) is 4.63. The Bertz CT molecular complexity index is 873. The highest BCUT2D eigenvalue weighted by Gasteiger charge is 2.24. The van der Waals surface area contributed by atoms with Crippen LogP contribution in [0.5, 0.6) is 11.5 Å². The zero-order chi connectivity index (χ0) is 19.9. The number of amides is 1. The Morgan fingerprint density at radius 3 is 2.79 bits per heavy atom. The van der Waals surface area contributed by atoms with Crippen LogP contribution in [0.15, 0.2) is 47.5 Å². The quantitative estimate of drug-likeness (QED) is 0.272. The van der Waals surface area contributed by atoms with Gasteiger partial charge in [0.25, 0.3) is 0 Å². The standard InChI is InChI=1S/C21H26N4O3.HI/c1-3-22-21(23-12-14-8-9-19(28-2)18(26)10-14)24-13-15-11-20(27)25-17-7-5-4-6-16(15)17;/h4-10,15,26H,3,11-13H2,1-2H3,(H,25,27)(H2,22,23,24);1H. The lowest BCUT2D eigenvalue weighted by atomic mass is 9.90. The van der Waals surface area contributed by atoms with Gasteiger partial charge in [0.15, 0.2) is 17.5 Å². The second-order valence-electron chi connectivity index (χ2n) is 6.62. The summed E-state index contributed by atoms with van der Waals surface area (Å²) < 4.78 is 5.06. The van der Waals surface area contributed by atoms with E-state index in [1.54, 1.807) is 12.1 Å². The summed E-state index contributed by atoms with van der Waals surface area (Å²) in [5.74, 6) is 1.31. The highest BCUT2D eigenvalue weighted by Crippen LogP contribution is 2.31. The largest absolute Gasteiger partial charge is 0.504 e. The fourth-order valence-corrected chi connectivity index (χ4v) is 3.25. The minimum Gasteiger partial charge on any atom is -0.504 e. The molecule has 1 heterocycles. The fourth-order valence-electron chi connectivity index (χ4n) is 3.25. The fraction of sp³-hybridized carbons (Fsp3) is 0.333. The number of aromatic hydroxyl groups is 1. The van der Waals surface area contributed by atoms with Crippen LogP contribution in [0.25, 0.3) is 0 Å². The van der Waals surface area contributed by atoms with Crippen LogP contribution in [-0.4, -0.2) is 37.2 Å². The molecule has 29 heavy (non-hydrogen) atoms. The highest BCUT2D eigenvalue weighted by atomic mass is 127. The number of halogens is 1. The number of phenols is 1. The van der Waals surface area contributed by atoms with Crippen LogP contribution in [0, 0.1) is 0 Å². The Morgan fingerprint density at radius 1 is 1.28 bits per heavy atom. The molecule has 8 heteroatoms. The van der Waals surface area contributed by atoms with Gasteiger partial charge in [-0.2, -0.15) is 0 Å². The first kappa shape index (κ1) is 22.8. The lowest BCUT2D eigenvalue weighted by Crippen LogP contribution is -2.40. The summed E-state index contributed by atoms with van der Waals surface area (Å²) in [5, 5.41) is 19.4. The first-order valence-corrected chi connectivity index (χ1v) is 9.37. The maximum absolute atomic E-state index is 12.0. The number of para-hydroxylation sites is 1. The third-order valence-electron chi connectivity index (χ3n) is 4.63. The predicted molar refractivity (Wildman–Crippen MR) is 125 cm³/mol. The molecule has 2 aromatic carbocycles. The number of hydrogen-bond acceptors (Lipinski definition) is 4. The number of guanidine groups is 1. The summed E-state index contributed by atoms with van der Waals surface area (Å²) in [4.78, 5) is 16.6. The molecule has 156 valence electrons. The molecule has 1 amide bonds. The zero-order valence-corrected chi connectivity index (χ0v) is 18.9. The van der Waals surface area contributed by atoms with Crippen LogP contribution in [0.3, 0.4) is 0 Å². The van der Waals surface area contributed by atoms with E-state index in [1.807, 2.05) is 37.3 Å². The lowest BCUT2D eigenvalue weighted by molar-refractivity contribution is -0.116. The van der Waals surface area contributed by atoms with E-state index in [4.69, 9.17) is 4.74 Å². The van der Waals surface area contributed by atoms with E-state index < -0.39 is 0 Å². The Kier molecular flexibility index (Phi) is 8.56. The average molecular weight is 510 g/mol. The molecule has 0 fully saturated rings. The summed E-state index contributed by atoms with van der Waals surface area (Å²) >= 11 is 0. The molecule has 7 nitrogen and oxygen atoms in total. The molecule has 0 bridgehead atoms. The van der Waals surface area contributed by atoms with Gasteiger partial charge in [-0.3, -0.25) is 4.79 Å². The molecule has 0 radical (unpaired) electrons. The van der Waals surface area contributed by atoms with Crippen molar-refractivity contribution in [2.24, 2.45) is 4.99 Å². The summed E-state index contributed by atoms with van der Waals surface area (Å²) in [6.07, 6.45) is 0.440. The highest BCUT2D eigenvalue weighted by molar-refractivity contribution is 14.0. The van der Waals surface area contributed by atoms with E-state index >= 15 is 0 Å². The number of hydrogen-bond donors (Lipinski definition) is 4. The number of nitrogens with zero attached hydrogens (tertiary/aromatic N) is 1. The molecule has 0 spiro atoms. The maximum atomic E-state index is 12.0. The number of phenolic OH excluding ortho intramolecular Hbond substituents is 1. The van der Waals surface area contributed by atoms with Crippen molar-refractivity contribution in [2.75, 3.05) is 25.5 Å². The number of aliphatic imine (C=N–C) groups is 1. The maximum Gasteiger partial charge on any atom is 0.225 e. The number of anilines is 1.